The molecule has 0 atom stereocenters. The summed E-state index contributed by atoms with van der Waals surface area (Å²) in [6, 6.07) is 17.6. The third-order valence-electron chi connectivity index (χ3n) is 4.64. The summed E-state index contributed by atoms with van der Waals surface area (Å²) < 4.78 is 46.6. The summed E-state index contributed by atoms with van der Waals surface area (Å²) in [5.74, 6) is 0.424. The zero-order valence-electron chi connectivity index (χ0n) is 16.2. The lowest BCUT2D eigenvalue weighted by molar-refractivity contribution is 0.596. The van der Waals surface area contributed by atoms with Crippen LogP contribution >= 0.6 is 11.6 Å². The van der Waals surface area contributed by atoms with Crippen molar-refractivity contribution >= 4 is 53.9 Å². The summed E-state index contributed by atoms with van der Waals surface area (Å²) in [5, 5.41) is 23.4. The number of benzene rings is 3. The number of hydrogen-bond donors (Lipinski definition) is 3. The normalized spacial score (nSPS) is 12.1. The zero-order valence-corrected chi connectivity index (χ0v) is 18.6. The van der Waals surface area contributed by atoms with Gasteiger partial charge < -0.3 is 5.32 Å². The quantitative estimate of drug-likeness (QED) is 0.388. The van der Waals surface area contributed by atoms with Crippen LogP contribution in [0.5, 0.6) is 0 Å². The van der Waals surface area contributed by atoms with Gasteiger partial charge in [0.25, 0.3) is 0 Å². The predicted molar refractivity (Wildman–Crippen MR) is 122 cm³/mol. The highest BCUT2D eigenvalue weighted by atomic mass is 35.5. The second-order valence-corrected chi connectivity index (χ2v) is 10.3. The van der Waals surface area contributed by atoms with E-state index >= 15 is 0 Å². The third kappa shape index (κ3) is 4.42. The molecule has 3 aromatic carbocycles. The number of hydrogen-bond acceptors (Lipinski definition) is 7. The van der Waals surface area contributed by atoms with E-state index < -0.39 is 20.0 Å². The van der Waals surface area contributed by atoms with Crippen LogP contribution in [0.2, 0.25) is 5.02 Å². The monoisotopic (exact) mass is 489 g/mol. The van der Waals surface area contributed by atoms with Crippen molar-refractivity contribution in [1.82, 2.24) is 10.2 Å². The predicted octanol–water partition coefficient (Wildman–Crippen LogP) is 2.99. The van der Waals surface area contributed by atoms with Gasteiger partial charge in [-0.05, 0) is 36.4 Å². The minimum atomic E-state index is -4.02. The smallest absolute Gasteiger partial charge is 0.239 e. The van der Waals surface area contributed by atoms with Crippen molar-refractivity contribution < 1.29 is 16.8 Å². The number of nitrogens with two attached hydrogens (primary N) is 2. The number of sulfonamides is 2. The van der Waals surface area contributed by atoms with Gasteiger partial charge >= 0.3 is 0 Å². The number of anilines is 2. The van der Waals surface area contributed by atoms with E-state index in [4.69, 9.17) is 21.9 Å². The maximum atomic E-state index is 11.8. The van der Waals surface area contributed by atoms with Gasteiger partial charge in [0.15, 0.2) is 5.82 Å². The Morgan fingerprint density at radius 3 is 2.06 bits per heavy atom. The van der Waals surface area contributed by atoms with Crippen molar-refractivity contribution in [3.8, 4) is 11.3 Å². The Labute approximate surface area is 189 Å². The second kappa shape index (κ2) is 8.11. The summed E-state index contributed by atoms with van der Waals surface area (Å²) in [6.45, 7) is 0. The SMILES string of the molecule is NS(=O)(=O)c1ccc(Nc2nnc(-c3ccc(Cl)c(S(N)(=O)=O)c3)c3ccccc23)cc1. The van der Waals surface area contributed by atoms with Gasteiger partial charge in [0.05, 0.1) is 9.92 Å². The van der Waals surface area contributed by atoms with Crippen molar-refractivity contribution in [2.75, 3.05) is 5.32 Å². The van der Waals surface area contributed by atoms with E-state index in [1.54, 1.807) is 18.2 Å². The third-order valence-corrected chi connectivity index (χ3v) is 6.97. The highest BCUT2D eigenvalue weighted by Crippen LogP contribution is 2.33. The zero-order chi connectivity index (χ0) is 23.1. The fourth-order valence-electron chi connectivity index (χ4n) is 3.14. The Bertz CT molecular complexity index is 1560. The van der Waals surface area contributed by atoms with E-state index in [2.05, 4.69) is 15.5 Å². The molecule has 0 spiro atoms. The molecule has 0 aliphatic heterocycles. The number of primary sulfonamides is 2. The van der Waals surface area contributed by atoms with Crippen molar-refractivity contribution in [3.63, 3.8) is 0 Å². The molecule has 4 aromatic rings. The molecule has 32 heavy (non-hydrogen) atoms. The molecular formula is C20H16ClN5O4S2. The lowest BCUT2D eigenvalue weighted by Crippen LogP contribution is -2.13. The van der Waals surface area contributed by atoms with Crippen LogP contribution in [-0.4, -0.2) is 27.0 Å². The van der Waals surface area contributed by atoms with Gasteiger partial charge in [0.2, 0.25) is 20.0 Å². The van der Waals surface area contributed by atoms with E-state index in [1.165, 1.54) is 24.3 Å². The van der Waals surface area contributed by atoms with E-state index in [1.807, 2.05) is 24.3 Å². The largest absolute Gasteiger partial charge is 0.338 e. The summed E-state index contributed by atoms with van der Waals surface area (Å²) in [7, 11) is -7.82. The van der Waals surface area contributed by atoms with Crippen LogP contribution in [0.3, 0.4) is 0 Å². The molecule has 0 saturated carbocycles. The first-order valence-corrected chi connectivity index (χ1v) is 12.5. The standard InChI is InChI=1S/C20H16ClN5O4S2/c21-17-10-5-12(11-18(17)32(23,29)30)19-15-3-1-2-4-16(15)20(26-25-19)24-13-6-8-14(9-7-13)31(22,27)28/h1-11H,(H,24,26)(H2,22,27,28)(H2,23,29,30). The molecule has 0 fully saturated rings. The van der Waals surface area contributed by atoms with E-state index in [0.717, 1.165) is 0 Å². The topological polar surface area (TPSA) is 158 Å². The Hall–Kier alpha value is -3.09. The Morgan fingerprint density at radius 2 is 1.44 bits per heavy atom. The van der Waals surface area contributed by atoms with Crippen molar-refractivity contribution in [2.24, 2.45) is 10.3 Å². The number of halogens is 1. The summed E-state index contributed by atoms with van der Waals surface area (Å²) in [6.07, 6.45) is 0. The van der Waals surface area contributed by atoms with E-state index in [0.29, 0.717) is 33.5 Å². The lowest BCUT2D eigenvalue weighted by atomic mass is 10.0. The summed E-state index contributed by atoms with van der Waals surface area (Å²) in [5.41, 5.74) is 1.50. The van der Waals surface area contributed by atoms with Gasteiger partial charge in [-0.1, -0.05) is 41.9 Å². The first-order valence-electron chi connectivity index (χ1n) is 9.02. The number of aromatic nitrogens is 2. The molecule has 0 aliphatic rings. The number of fused-ring (bicyclic) bond motifs is 1. The molecule has 1 aromatic heterocycles. The van der Waals surface area contributed by atoms with Crippen LogP contribution in [0.15, 0.2) is 76.5 Å². The number of rotatable bonds is 5. The molecular weight excluding hydrogens is 474 g/mol. The van der Waals surface area contributed by atoms with E-state index in [9.17, 15) is 16.8 Å². The molecule has 9 nitrogen and oxygen atoms in total. The Kier molecular flexibility index (Phi) is 5.61. The molecule has 164 valence electrons. The van der Waals surface area contributed by atoms with Crippen LogP contribution in [0.25, 0.3) is 22.0 Å². The molecule has 0 bridgehead atoms. The van der Waals surface area contributed by atoms with E-state index in [-0.39, 0.29) is 14.8 Å². The lowest BCUT2D eigenvalue weighted by Gasteiger charge is -2.12. The van der Waals surface area contributed by atoms with Gasteiger partial charge in [-0.2, -0.15) is 0 Å². The molecule has 5 N–H and O–H groups in total. The summed E-state index contributed by atoms with van der Waals surface area (Å²) in [4.78, 5) is -0.220. The fraction of sp³-hybridized carbons (Fsp3) is 0. The minimum Gasteiger partial charge on any atom is -0.338 e. The van der Waals surface area contributed by atoms with Crippen molar-refractivity contribution in [3.05, 3.63) is 71.8 Å². The van der Waals surface area contributed by atoms with Crippen LogP contribution in [0.4, 0.5) is 11.5 Å². The highest BCUT2D eigenvalue weighted by Gasteiger charge is 2.17. The van der Waals surface area contributed by atoms with Gasteiger partial charge in [-0.15, -0.1) is 10.2 Å². The maximum Gasteiger partial charge on any atom is 0.239 e. The molecule has 12 heteroatoms. The van der Waals surface area contributed by atoms with Crippen LogP contribution in [0, 0.1) is 0 Å². The molecule has 0 radical (unpaired) electrons. The second-order valence-electron chi connectivity index (χ2n) is 6.83. The van der Waals surface area contributed by atoms with Crippen molar-refractivity contribution in [2.45, 2.75) is 9.79 Å². The first-order chi connectivity index (χ1) is 15.0. The van der Waals surface area contributed by atoms with Crippen LogP contribution < -0.4 is 15.6 Å². The Balaban J connectivity index is 1.79. The van der Waals surface area contributed by atoms with Gasteiger partial charge in [0, 0.05) is 22.0 Å². The summed E-state index contributed by atoms with van der Waals surface area (Å²) >= 11 is 5.99. The average molecular weight is 490 g/mol. The molecule has 0 amide bonds. The molecule has 0 aliphatic carbocycles. The first kappa shape index (κ1) is 22.1. The van der Waals surface area contributed by atoms with Crippen molar-refractivity contribution in [1.29, 1.82) is 0 Å². The highest BCUT2D eigenvalue weighted by molar-refractivity contribution is 7.89. The minimum absolute atomic E-state index is 0.00902. The van der Waals surface area contributed by atoms with Gasteiger partial charge in [0.1, 0.15) is 10.6 Å². The number of nitrogens with one attached hydrogen (secondary N) is 1. The van der Waals surface area contributed by atoms with Crippen LogP contribution in [0.1, 0.15) is 0 Å². The number of nitrogens with zero attached hydrogens (tertiary/aromatic N) is 2. The van der Waals surface area contributed by atoms with Gasteiger partial charge in [-0.25, -0.2) is 27.1 Å². The average Bonchev–Trinajstić information content (AvgIpc) is 2.73. The Morgan fingerprint density at radius 1 is 0.781 bits per heavy atom. The molecule has 1 heterocycles. The molecule has 4 rings (SSSR count). The van der Waals surface area contributed by atoms with Crippen LogP contribution in [-0.2, 0) is 20.0 Å². The maximum absolute atomic E-state index is 11.8. The molecule has 0 saturated heterocycles. The van der Waals surface area contributed by atoms with Gasteiger partial charge in [-0.3, -0.25) is 0 Å². The molecule has 0 unspecified atom stereocenters. The fourth-order valence-corrected chi connectivity index (χ4v) is 4.73.